The lowest BCUT2D eigenvalue weighted by atomic mass is 10.8. The first-order valence-corrected chi connectivity index (χ1v) is 4.26. The van der Waals surface area contributed by atoms with Gasteiger partial charge in [0, 0.05) is 19.0 Å². The predicted octanol–water partition coefficient (Wildman–Crippen LogP) is -0.287. The highest BCUT2D eigenvalue weighted by molar-refractivity contribution is 7.79. The Morgan fingerprint density at radius 1 is 1.67 bits per heavy atom. The number of aromatic nitrogens is 2. The van der Waals surface area contributed by atoms with Crippen molar-refractivity contribution < 1.29 is 13.9 Å². The Morgan fingerprint density at radius 2 is 2.25 bits per heavy atom. The van der Waals surface area contributed by atoms with Crippen LogP contribution in [0, 0.1) is 0 Å². The molecule has 1 aromatic heterocycles. The van der Waals surface area contributed by atoms with Crippen LogP contribution in [0.5, 0.6) is 0 Å². The number of nitrogens with zero attached hydrogens (tertiary/aromatic N) is 2. The van der Waals surface area contributed by atoms with Gasteiger partial charge in [0.1, 0.15) is 5.03 Å². The summed E-state index contributed by atoms with van der Waals surface area (Å²) in [6.45, 7) is 1.93. The molecular weight excluding hydrogens is 180 g/mol. The van der Waals surface area contributed by atoms with Crippen LogP contribution >= 0.6 is 0 Å². The van der Waals surface area contributed by atoms with Gasteiger partial charge in [-0.05, 0) is 18.0 Å². The smallest absolute Gasteiger partial charge is 0.131 e. The summed E-state index contributed by atoms with van der Waals surface area (Å²) in [7, 11) is 0. The maximum atomic E-state index is 10.1. The molecule has 1 unspecified atom stereocenters. The summed E-state index contributed by atoms with van der Waals surface area (Å²) in [5.41, 5.74) is 0. The Kier molecular flexibility index (Phi) is 6.35. The van der Waals surface area contributed by atoms with E-state index in [4.69, 9.17) is 5.11 Å². The van der Waals surface area contributed by atoms with Crippen molar-refractivity contribution in [3.8, 4) is 0 Å². The van der Waals surface area contributed by atoms with Gasteiger partial charge in [-0.3, -0.25) is 9.19 Å². The molecule has 1 N–H and O–H groups in total. The second kappa shape index (κ2) is 6.84. The number of hydrogen-bond acceptors (Lipinski definition) is 5. The highest BCUT2D eigenvalue weighted by Gasteiger charge is 1.87. The third-order valence-electron chi connectivity index (χ3n) is 0.710. The molecule has 1 rings (SSSR count). The molecule has 0 aliphatic heterocycles. The lowest BCUT2D eigenvalue weighted by Crippen LogP contribution is -1.92. The topological polar surface area (TPSA) is 86.1 Å². The van der Waals surface area contributed by atoms with Gasteiger partial charge in [-0.2, -0.15) is 0 Å². The third kappa shape index (κ3) is 4.89. The molecule has 0 aliphatic rings. The van der Waals surface area contributed by atoms with E-state index in [1.165, 1.54) is 18.6 Å². The molecule has 0 saturated heterocycles. The van der Waals surface area contributed by atoms with Crippen molar-refractivity contribution in [3.63, 3.8) is 0 Å². The van der Waals surface area contributed by atoms with Crippen molar-refractivity contribution in [1.29, 1.82) is 0 Å². The van der Waals surface area contributed by atoms with Gasteiger partial charge in [0.05, 0.1) is 6.20 Å². The third-order valence-corrected chi connectivity index (χ3v) is 1.26. The Balaban J connectivity index is 0.000000354. The zero-order valence-corrected chi connectivity index (χ0v) is 7.32. The molecule has 0 radical (unpaired) electrons. The summed E-state index contributed by atoms with van der Waals surface area (Å²) in [6, 6.07) is 0. The van der Waals surface area contributed by atoms with E-state index >= 15 is 0 Å². The molecule has 1 heterocycles. The number of aliphatic hydroxyl groups excluding tert-OH is 1. The molecule has 0 spiro atoms. The first kappa shape index (κ1) is 11.2. The number of aliphatic hydroxyl groups is 1. The second-order valence-electron chi connectivity index (χ2n) is 1.59. The van der Waals surface area contributed by atoms with Crippen LogP contribution in [-0.2, 0) is 11.1 Å². The molecule has 0 amide bonds. The highest BCUT2D eigenvalue weighted by Crippen LogP contribution is 1.92. The van der Waals surface area contributed by atoms with Crippen LogP contribution in [0.3, 0.4) is 0 Å². The number of hydrogen-bond donors (Lipinski definition) is 1. The van der Waals surface area contributed by atoms with Crippen LogP contribution in [0.1, 0.15) is 6.92 Å². The molecular formula is C6H9N2O3S-. The normalized spacial score (nSPS) is 11.2. The first-order chi connectivity index (χ1) is 5.72. The summed E-state index contributed by atoms with van der Waals surface area (Å²) in [5.74, 6) is 0. The van der Waals surface area contributed by atoms with Crippen molar-refractivity contribution >= 4 is 11.1 Å². The minimum Gasteiger partial charge on any atom is -0.767 e. The lowest BCUT2D eigenvalue weighted by Gasteiger charge is -1.99. The molecule has 0 fully saturated rings. The fourth-order valence-corrected chi connectivity index (χ4v) is 0.665. The number of rotatable bonds is 1. The summed E-state index contributed by atoms with van der Waals surface area (Å²) < 4.78 is 20.2. The standard InChI is InChI=1S/C4H4N2O2S.C2H6O/c7-9(8)4-3-5-1-2-6-4;1-2-3/h1-3H,(H,7,8);3H,2H2,1H3/p-1. The first-order valence-electron chi connectivity index (χ1n) is 3.18. The van der Waals surface area contributed by atoms with Crippen LogP contribution in [-0.4, -0.2) is 30.4 Å². The monoisotopic (exact) mass is 189 g/mol. The SMILES string of the molecule is CCO.O=S([O-])c1cnccn1. The van der Waals surface area contributed by atoms with E-state index in [1.807, 2.05) is 0 Å². The van der Waals surface area contributed by atoms with Gasteiger partial charge in [0.15, 0.2) is 0 Å². The van der Waals surface area contributed by atoms with E-state index in [-0.39, 0.29) is 11.6 Å². The van der Waals surface area contributed by atoms with E-state index in [0.29, 0.717) is 0 Å². The zero-order valence-electron chi connectivity index (χ0n) is 6.51. The summed E-state index contributed by atoms with van der Waals surface area (Å²) in [4.78, 5) is 7.05. The van der Waals surface area contributed by atoms with Gasteiger partial charge in [0.25, 0.3) is 0 Å². The highest BCUT2D eigenvalue weighted by atomic mass is 32.2. The quantitative estimate of drug-likeness (QED) is 0.613. The van der Waals surface area contributed by atoms with E-state index < -0.39 is 11.1 Å². The summed E-state index contributed by atoms with van der Waals surface area (Å²) >= 11 is -2.25. The molecule has 5 nitrogen and oxygen atoms in total. The van der Waals surface area contributed by atoms with Crippen molar-refractivity contribution in [3.05, 3.63) is 18.6 Å². The van der Waals surface area contributed by atoms with Crippen LogP contribution in [0.15, 0.2) is 23.6 Å². The lowest BCUT2D eigenvalue weighted by molar-refractivity contribution is 0.318. The Labute approximate surface area is 72.8 Å². The van der Waals surface area contributed by atoms with Crippen molar-refractivity contribution in [1.82, 2.24) is 9.97 Å². The molecule has 1 aromatic rings. The summed E-state index contributed by atoms with van der Waals surface area (Å²) in [5, 5.41) is 7.54. The zero-order chi connectivity index (χ0) is 9.40. The van der Waals surface area contributed by atoms with Gasteiger partial charge in [-0.1, -0.05) is 0 Å². The molecule has 6 heteroatoms. The Hall–Kier alpha value is -0.850. The minimum atomic E-state index is -2.25. The average Bonchev–Trinajstić information content (AvgIpc) is 2.07. The fourth-order valence-electron chi connectivity index (χ4n) is 0.371. The molecule has 1 atom stereocenters. The van der Waals surface area contributed by atoms with Crippen molar-refractivity contribution in [2.45, 2.75) is 11.9 Å². The van der Waals surface area contributed by atoms with Crippen LogP contribution in [0.25, 0.3) is 0 Å². The summed E-state index contributed by atoms with van der Waals surface area (Å²) in [6.07, 6.45) is 3.92. The predicted molar refractivity (Wildman–Crippen MR) is 42.0 cm³/mol. The molecule has 0 saturated carbocycles. The van der Waals surface area contributed by atoms with E-state index in [9.17, 15) is 8.76 Å². The maximum absolute atomic E-state index is 10.1. The fraction of sp³-hybridized carbons (Fsp3) is 0.333. The van der Waals surface area contributed by atoms with Crippen LogP contribution in [0.4, 0.5) is 0 Å². The van der Waals surface area contributed by atoms with E-state index in [1.54, 1.807) is 6.92 Å². The molecule has 12 heavy (non-hydrogen) atoms. The molecule has 0 aliphatic carbocycles. The van der Waals surface area contributed by atoms with Crippen molar-refractivity contribution in [2.75, 3.05) is 6.61 Å². The van der Waals surface area contributed by atoms with Gasteiger partial charge in [-0.15, -0.1) is 0 Å². The molecule has 0 aromatic carbocycles. The van der Waals surface area contributed by atoms with E-state index in [0.717, 1.165) is 0 Å². The van der Waals surface area contributed by atoms with Gasteiger partial charge >= 0.3 is 0 Å². The average molecular weight is 189 g/mol. The van der Waals surface area contributed by atoms with Gasteiger partial charge < -0.3 is 9.66 Å². The van der Waals surface area contributed by atoms with Gasteiger partial charge in [-0.25, -0.2) is 4.98 Å². The molecule has 0 bridgehead atoms. The molecule has 68 valence electrons. The van der Waals surface area contributed by atoms with Gasteiger partial charge in [0.2, 0.25) is 0 Å². The maximum Gasteiger partial charge on any atom is 0.131 e. The minimum absolute atomic E-state index is 0.0301. The van der Waals surface area contributed by atoms with Crippen molar-refractivity contribution in [2.24, 2.45) is 0 Å². The Morgan fingerprint density at radius 3 is 2.50 bits per heavy atom. The van der Waals surface area contributed by atoms with Crippen LogP contribution in [0.2, 0.25) is 0 Å². The Bertz CT molecular complexity index is 229. The van der Waals surface area contributed by atoms with Crippen LogP contribution < -0.4 is 0 Å². The largest absolute Gasteiger partial charge is 0.767 e. The van der Waals surface area contributed by atoms with E-state index in [2.05, 4.69) is 9.97 Å². The second-order valence-corrected chi connectivity index (χ2v) is 2.48.